The van der Waals surface area contributed by atoms with Crippen LogP contribution in [-0.2, 0) is 10.2 Å². The average molecular weight is 287 g/mol. The van der Waals surface area contributed by atoms with Gasteiger partial charge in [0.2, 0.25) is 0 Å². The number of nitrogens with zero attached hydrogens (tertiary/aromatic N) is 2. The van der Waals surface area contributed by atoms with Crippen molar-refractivity contribution in [3.05, 3.63) is 10.6 Å². The predicted octanol–water partition coefficient (Wildman–Crippen LogP) is 0.963. The minimum absolute atomic E-state index is 0.190. The Kier molecular flexibility index (Phi) is 5.84. The summed E-state index contributed by atoms with van der Waals surface area (Å²) in [6, 6.07) is 0. The highest BCUT2D eigenvalue weighted by molar-refractivity contribution is 7.08. The number of hydrogen-bond acceptors (Lipinski definition) is 6. The number of hydrogen-bond donors (Lipinski definition) is 2. The molecule has 0 aromatic carbocycles. The Balaban J connectivity index is 2.53. The smallest absolute Gasteiger partial charge is 0.264 e. The van der Waals surface area contributed by atoms with Crippen molar-refractivity contribution in [1.82, 2.24) is 14.9 Å². The molecule has 19 heavy (non-hydrogen) atoms. The van der Waals surface area contributed by atoms with E-state index in [1.54, 1.807) is 0 Å². The van der Waals surface area contributed by atoms with Gasteiger partial charge >= 0.3 is 0 Å². The molecule has 0 fully saturated rings. The Morgan fingerprint density at radius 3 is 2.79 bits per heavy atom. The monoisotopic (exact) mass is 287 g/mol. The van der Waals surface area contributed by atoms with Crippen molar-refractivity contribution in [3.8, 4) is 0 Å². The molecule has 1 amide bonds. The maximum atomic E-state index is 12.0. The van der Waals surface area contributed by atoms with Crippen molar-refractivity contribution >= 4 is 17.4 Å². The molecule has 0 spiro atoms. The van der Waals surface area contributed by atoms with Crippen LogP contribution in [0.4, 0.5) is 0 Å². The molecule has 0 bridgehead atoms. The summed E-state index contributed by atoms with van der Waals surface area (Å²) < 4.78 is 8.66. The van der Waals surface area contributed by atoms with E-state index in [1.165, 1.54) is 7.11 Å². The first-order valence-corrected chi connectivity index (χ1v) is 6.91. The number of rotatable bonds is 6. The van der Waals surface area contributed by atoms with Crippen LogP contribution >= 0.6 is 11.5 Å². The number of aliphatic hydroxyl groups is 1. The first kappa shape index (κ1) is 16.0. The van der Waals surface area contributed by atoms with Gasteiger partial charge in [-0.1, -0.05) is 25.3 Å². The molecule has 0 aliphatic carbocycles. The van der Waals surface area contributed by atoms with Gasteiger partial charge in [-0.15, -0.1) is 5.10 Å². The summed E-state index contributed by atoms with van der Waals surface area (Å²) in [5.74, 6) is -0.190. The van der Waals surface area contributed by atoms with E-state index in [4.69, 9.17) is 4.74 Å². The molecule has 2 N–H and O–H groups in total. The topological polar surface area (TPSA) is 84.3 Å². The lowest BCUT2D eigenvalue weighted by molar-refractivity contribution is 0.0588. The van der Waals surface area contributed by atoms with Crippen molar-refractivity contribution < 1.29 is 14.6 Å². The molecule has 1 atom stereocenters. The van der Waals surface area contributed by atoms with Crippen LogP contribution in [0.5, 0.6) is 0 Å². The third-order valence-corrected chi connectivity index (χ3v) is 3.25. The standard InChI is InChI=1S/C12H21N3O3S/c1-12(2,3)10-9(19-15-14-10)11(17)13-6-5-8(16)7-18-4/h8,16H,5-7H2,1-4H3,(H,13,17). The highest BCUT2D eigenvalue weighted by Gasteiger charge is 2.26. The summed E-state index contributed by atoms with van der Waals surface area (Å²) >= 11 is 1.09. The number of carbonyl (C=O) groups excluding carboxylic acids is 1. The average Bonchev–Trinajstić information content (AvgIpc) is 2.77. The van der Waals surface area contributed by atoms with Crippen molar-refractivity contribution in [2.75, 3.05) is 20.3 Å². The van der Waals surface area contributed by atoms with E-state index in [0.717, 1.165) is 11.5 Å². The second-order valence-electron chi connectivity index (χ2n) is 5.35. The number of ether oxygens (including phenoxy) is 1. The molecule has 0 radical (unpaired) electrons. The molecule has 6 nitrogen and oxygen atoms in total. The summed E-state index contributed by atoms with van der Waals surface area (Å²) in [7, 11) is 1.53. The lowest BCUT2D eigenvalue weighted by Gasteiger charge is -2.16. The Hall–Kier alpha value is -1.05. The van der Waals surface area contributed by atoms with Crippen LogP contribution in [0.3, 0.4) is 0 Å². The SMILES string of the molecule is COCC(O)CCNC(=O)c1snnc1C(C)(C)C. The molecule has 7 heteroatoms. The maximum absolute atomic E-state index is 12.0. The molecule has 1 aromatic rings. The van der Waals surface area contributed by atoms with Crippen molar-refractivity contribution in [2.45, 2.75) is 38.7 Å². The Morgan fingerprint density at radius 2 is 2.21 bits per heavy atom. The fraction of sp³-hybridized carbons (Fsp3) is 0.750. The molecule has 108 valence electrons. The van der Waals surface area contributed by atoms with E-state index in [1.807, 2.05) is 20.8 Å². The number of amides is 1. The molecule has 0 aliphatic heterocycles. The Bertz CT molecular complexity index is 415. The van der Waals surface area contributed by atoms with Crippen LogP contribution < -0.4 is 5.32 Å². The molecule has 1 unspecified atom stereocenters. The first-order valence-electron chi connectivity index (χ1n) is 6.14. The Morgan fingerprint density at radius 1 is 1.53 bits per heavy atom. The summed E-state index contributed by atoms with van der Waals surface area (Å²) in [6.45, 7) is 6.63. The van der Waals surface area contributed by atoms with Gasteiger partial charge in [-0.2, -0.15) is 0 Å². The van der Waals surface area contributed by atoms with E-state index in [9.17, 15) is 9.90 Å². The number of methoxy groups -OCH3 is 1. The van der Waals surface area contributed by atoms with Crippen molar-refractivity contribution in [1.29, 1.82) is 0 Å². The van der Waals surface area contributed by atoms with Gasteiger partial charge in [0.25, 0.3) is 5.91 Å². The molecule has 0 saturated carbocycles. The summed E-state index contributed by atoms with van der Waals surface area (Å²) in [5, 5.41) is 16.3. The van der Waals surface area contributed by atoms with Gasteiger partial charge in [-0.3, -0.25) is 4.79 Å². The summed E-state index contributed by atoms with van der Waals surface area (Å²) in [4.78, 5) is 12.6. The zero-order valence-electron chi connectivity index (χ0n) is 11.8. The van der Waals surface area contributed by atoms with E-state index >= 15 is 0 Å². The molecule has 0 aliphatic rings. The lowest BCUT2D eigenvalue weighted by Crippen LogP contribution is -2.29. The number of nitrogens with one attached hydrogen (secondary N) is 1. The van der Waals surface area contributed by atoms with E-state index in [2.05, 4.69) is 14.9 Å². The zero-order chi connectivity index (χ0) is 14.5. The van der Waals surface area contributed by atoms with E-state index in [-0.39, 0.29) is 17.9 Å². The minimum atomic E-state index is -0.563. The Labute approximate surface area is 117 Å². The number of aromatic nitrogens is 2. The van der Waals surface area contributed by atoms with Gasteiger partial charge in [0.05, 0.1) is 18.4 Å². The highest BCUT2D eigenvalue weighted by atomic mass is 32.1. The van der Waals surface area contributed by atoms with Gasteiger partial charge in [-0.05, 0) is 18.0 Å². The molecular formula is C12H21N3O3S. The summed E-state index contributed by atoms with van der Waals surface area (Å²) in [5.41, 5.74) is 0.488. The van der Waals surface area contributed by atoms with E-state index in [0.29, 0.717) is 23.5 Å². The van der Waals surface area contributed by atoms with Crippen molar-refractivity contribution in [3.63, 3.8) is 0 Å². The molecule has 0 saturated heterocycles. The van der Waals surface area contributed by atoms with Gasteiger partial charge in [0.15, 0.2) is 0 Å². The normalized spacial score (nSPS) is 13.3. The number of carbonyl (C=O) groups is 1. The van der Waals surface area contributed by atoms with Gasteiger partial charge < -0.3 is 15.2 Å². The number of aliphatic hydroxyl groups excluding tert-OH is 1. The fourth-order valence-corrected chi connectivity index (χ4v) is 2.33. The minimum Gasteiger partial charge on any atom is -0.391 e. The van der Waals surface area contributed by atoms with Gasteiger partial charge in [0, 0.05) is 19.1 Å². The van der Waals surface area contributed by atoms with Crippen LogP contribution in [0.15, 0.2) is 0 Å². The molecule has 1 rings (SSSR count). The fourth-order valence-electron chi connectivity index (χ4n) is 1.54. The van der Waals surface area contributed by atoms with Crippen LogP contribution in [0.2, 0.25) is 0 Å². The summed E-state index contributed by atoms with van der Waals surface area (Å²) in [6.07, 6.45) is -0.108. The van der Waals surface area contributed by atoms with Crippen LogP contribution in [0.1, 0.15) is 42.6 Å². The quantitative estimate of drug-likeness (QED) is 0.814. The first-order chi connectivity index (χ1) is 8.86. The van der Waals surface area contributed by atoms with Crippen LogP contribution in [-0.4, -0.2) is 47.0 Å². The second kappa shape index (κ2) is 6.93. The van der Waals surface area contributed by atoms with Gasteiger partial charge in [-0.25, -0.2) is 0 Å². The third kappa shape index (κ3) is 4.85. The largest absolute Gasteiger partial charge is 0.391 e. The molecular weight excluding hydrogens is 266 g/mol. The zero-order valence-corrected chi connectivity index (χ0v) is 12.6. The lowest BCUT2D eigenvalue weighted by atomic mass is 9.91. The molecule has 1 aromatic heterocycles. The van der Waals surface area contributed by atoms with Crippen LogP contribution in [0.25, 0.3) is 0 Å². The maximum Gasteiger partial charge on any atom is 0.264 e. The van der Waals surface area contributed by atoms with Crippen molar-refractivity contribution in [2.24, 2.45) is 0 Å². The van der Waals surface area contributed by atoms with Crippen LogP contribution in [0, 0.1) is 0 Å². The predicted molar refractivity (Wildman–Crippen MR) is 73.4 cm³/mol. The van der Waals surface area contributed by atoms with E-state index < -0.39 is 6.10 Å². The third-order valence-electron chi connectivity index (χ3n) is 2.53. The van der Waals surface area contributed by atoms with Gasteiger partial charge in [0.1, 0.15) is 4.88 Å². The molecule has 1 heterocycles. The highest BCUT2D eigenvalue weighted by Crippen LogP contribution is 2.25. The second-order valence-corrected chi connectivity index (χ2v) is 6.11.